The van der Waals surface area contributed by atoms with Gasteiger partial charge < -0.3 is 9.64 Å². The van der Waals surface area contributed by atoms with Gasteiger partial charge in [0, 0.05) is 24.3 Å². The van der Waals surface area contributed by atoms with Gasteiger partial charge in [-0.25, -0.2) is 8.42 Å². The number of rotatable bonds is 5. The molecule has 2 heterocycles. The van der Waals surface area contributed by atoms with E-state index in [1.165, 1.54) is 18.4 Å². The average Bonchev–Trinajstić information content (AvgIpc) is 3.01. The van der Waals surface area contributed by atoms with Gasteiger partial charge in [0.2, 0.25) is 5.91 Å². The second-order valence-electron chi connectivity index (χ2n) is 8.01. The molecule has 2 aliphatic heterocycles. The molecule has 0 N–H and O–H groups in total. The maximum absolute atomic E-state index is 13.0. The normalized spacial score (nSPS) is 27.4. The molecule has 2 fully saturated rings. The van der Waals surface area contributed by atoms with Gasteiger partial charge in [0.15, 0.2) is 9.84 Å². The Morgan fingerprint density at radius 1 is 1.18 bits per heavy atom. The van der Waals surface area contributed by atoms with Gasteiger partial charge in [0.1, 0.15) is 5.75 Å². The van der Waals surface area contributed by atoms with Gasteiger partial charge in [-0.2, -0.15) is 0 Å². The number of carbonyl (C=O) groups is 1. The number of fused-ring (bicyclic) bond motifs is 1. The number of hydrogen-bond acceptors (Lipinski definition) is 5. The maximum Gasteiger partial charge on any atom is 0.241 e. The number of carbonyl (C=O) groups excluding carboxylic acids is 1. The van der Waals surface area contributed by atoms with Crippen LogP contribution in [0.15, 0.2) is 35.9 Å². The average molecular weight is 405 g/mol. The Morgan fingerprint density at radius 3 is 2.75 bits per heavy atom. The van der Waals surface area contributed by atoms with Crippen LogP contribution in [0.25, 0.3) is 0 Å². The quantitative estimate of drug-likeness (QED) is 0.705. The summed E-state index contributed by atoms with van der Waals surface area (Å²) in [6.07, 6.45) is 8.00. The molecule has 7 heteroatoms. The summed E-state index contributed by atoms with van der Waals surface area (Å²) in [5, 5.41) is 0. The van der Waals surface area contributed by atoms with Crippen LogP contribution in [0.5, 0.6) is 5.75 Å². The number of ether oxygens (including phenoxy) is 1. The van der Waals surface area contributed by atoms with Crippen molar-refractivity contribution in [1.82, 2.24) is 4.90 Å². The van der Waals surface area contributed by atoms with E-state index in [2.05, 4.69) is 11.0 Å². The van der Waals surface area contributed by atoms with Crippen LogP contribution < -0.4 is 9.64 Å². The van der Waals surface area contributed by atoms with Crippen molar-refractivity contribution in [3.8, 4) is 5.75 Å². The molecule has 2 atom stereocenters. The molecular formula is C21H28N2O4S. The number of nitrogens with zero attached hydrogens (tertiary/aromatic N) is 2. The van der Waals surface area contributed by atoms with Crippen molar-refractivity contribution in [2.24, 2.45) is 0 Å². The lowest BCUT2D eigenvalue weighted by Crippen LogP contribution is -2.62. The standard InChI is InChI=1S/C21H28N2O4S/c1-27-18-9-5-8-17(12-18)23-20-15-28(25,26)14-19(20)22(13-21(23)24)11-10-16-6-3-2-4-7-16/h5-6,8-9,12,19-20H,2-4,7,10-11,13-15H2,1H3/t19-,20+/m0/s1. The molecule has 1 aromatic carbocycles. The zero-order valence-electron chi connectivity index (χ0n) is 16.3. The van der Waals surface area contributed by atoms with E-state index in [-0.39, 0.29) is 36.0 Å². The molecule has 0 saturated carbocycles. The highest BCUT2D eigenvalue weighted by molar-refractivity contribution is 7.91. The van der Waals surface area contributed by atoms with Crippen LogP contribution in [0.1, 0.15) is 32.1 Å². The number of piperazine rings is 1. The molecule has 1 aromatic rings. The number of amides is 1. The molecule has 1 amide bonds. The van der Waals surface area contributed by atoms with Gasteiger partial charge in [-0.15, -0.1) is 0 Å². The van der Waals surface area contributed by atoms with Crippen molar-refractivity contribution in [3.63, 3.8) is 0 Å². The summed E-state index contributed by atoms with van der Waals surface area (Å²) in [5.74, 6) is 0.781. The fourth-order valence-electron chi connectivity index (χ4n) is 4.72. The summed E-state index contributed by atoms with van der Waals surface area (Å²) in [6.45, 7) is 1.02. The predicted octanol–water partition coefficient (Wildman–Crippen LogP) is 2.40. The number of benzene rings is 1. The van der Waals surface area contributed by atoms with Gasteiger partial charge in [-0.1, -0.05) is 17.7 Å². The van der Waals surface area contributed by atoms with Crippen LogP contribution in [0.3, 0.4) is 0 Å². The third-order valence-electron chi connectivity index (χ3n) is 6.14. The van der Waals surface area contributed by atoms with Gasteiger partial charge in [0.05, 0.1) is 31.2 Å². The molecule has 6 nitrogen and oxygen atoms in total. The van der Waals surface area contributed by atoms with E-state index in [0.717, 1.165) is 25.8 Å². The highest BCUT2D eigenvalue weighted by Gasteiger charge is 2.49. The van der Waals surface area contributed by atoms with Gasteiger partial charge in [0.25, 0.3) is 0 Å². The highest BCUT2D eigenvalue weighted by atomic mass is 32.2. The summed E-state index contributed by atoms with van der Waals surface area (Å²) >= 11 is 0. The van der Waals surface area contributed by atoms with E-state index in [9.17, 15) is 13.2 Å². The molecule has 0 aromatic heterocycles. The monoisotopic (exact) mass is 404 g/mol. The third-order valence-corrected chi connectivity index (χ3v) is 7.84. The third kappa shape index (κ3) is 3.96. The summed E-state index contributed by atoms with van der Waals surface area (Å²) in [4.78, 5) is 16.8. The van der Waals surface area contributed by atoms with E-state index >= 15 is 0 Å². The van der Waals surface area contributed by atoms with Crippen LogP contribution >= 0.6 is 0 Å². The summed E-state index contributed by atoms with van der Waals surface area (Å²) in [6, 6.07) is 6.84. The Kier molecular flexibility index (Phi) is 5.47. The van der Waals surface area contributed by atoms with Gasteiger partial charge >= 0.3 is 0 Å². The van der Waals surface area contributed by atoms with Gasteiger partial charge in [-0.05, 0) is 44.2 Å². The van der Waals surface area contributed by atoms with Gasteiger partial charge in [-0.3, -0.25) is 9.69 Å². The molecule has 0 spiro atoms. The number of anilines is 1. The Morgan fingerprint density at radius 2 is 2.00 bits per heavy atom. The number of methoxy groups -OCH3 is 1. The molecule has 152 valence electrons. The lowest BCUT2D eigenvalue weighted by molar-refractivity contribution is -0.123. The van der Waals surface area contributed by atoms with Crippen LogP contribution in [0.4, 0.5) is 5.69 Å². The summed E-state index contributed by atoms with van der Waals surface area (Å²) in [5.41, 5.74) is 2.16. The lowest BCUT2D eigenvalue weighted by Gasteiger charge is -2.43. The molecule has 0 bridgehead atoms. The zero-order chi connectivity index (χ0) is 19.7. The molecule has 0 unspecified atom stereocenters. The first-order valence-electron chi connectivity index (χ1n) is 10.1. The first-order valence-corrected chi connectivity index (χ1v) is 11.9. The smallest absolute Gasteiger partial charge is 0.241 e. The first kappa shape index (κ1) is 19.5. The first-order chi connectivity index (χ1) is 13.5. The van der Waals surface area contributed by atoms with Crippen molar-refractivity contribution in [1.29, 1.82) is 0 Å². The van der Waals surface area contributed by atoms with Crippen LogP contribution in [-0.4, -0.2) is 63.0 Å². The molecule has 2 saturated heterocycles. The predicted molar refractivity (Wildman–Crippen MR) is 109 cm³/mol. The van der Waals surface area contributed by atoms with Crippen LogP contribution in [0, 0.1) is 0 Å². The summed E-state index contributed by atoms with van der Waals surface area (Å²) < 4.78 is 30.2. The lowest BCUT2D eigenvalue weighted by atomic mass is 9.96. The van der Waals surface area contributed by atoms with Crippen molar-refractivity contribution in [3.05, 3.63) is 35.9 Å². The maximum atomic E-state index is 13.0. The Balaban J connectivity index is 1.57. The van der Waals surface area contributed by atoms with E-state index in [1.807, 2.05) is 24.3 Å². The van der Waals surface area contributed by atoms with E-state index < -0.39 is 9.84 Å². The minimum absolute atomic E-state index is 0.0276. The fraction of sp³-hybridized carbons (Fsp3) is 0.571. The summed E-state index contributed by atoms with van der Waals surface area (Å²) in [7, 11) is -1.58. The molecular weight excluding hydrogens is 376 g/mol. The fourth-order valence-corrected chi connectivity index (χ4v) is 6.70. The number of sulfone groups is 1. The highest BCUT2D eigenvalue weighted by Crippen LogP contribution is 2.33. The zero-order valence-corrected chi connectivity index (χ0v) is 17.2. The van der Waals surface area contributed by atoms with E-state index in [1.54, 1.807) is 12.0 Å². The van der Waals surface area contributed by atoms with Crippen molar-refractivity contribution in [2.45, 2.75) is 44.2 Å². The minimum atomic E-state index is -3.17. The van der Waals surface area contributed by atoms with E-state index in [0.29, 0.717) is 11.4 Å². The molecule has 4 rings (SSSR count). The Labute approximate surface area is 167 Å². The van der Waals surface area contributed by atoms with Crippen molar-refractivity contribution in [2.75, 3.05) is 36.6 Å². The largest absolute Gasteiger partial charge is 0.497 e. The Hall–Kier alpha value is -1.86. The molecule has 3 aliphatic rings. The molecule has 1 aliphatic carbocycles. The Bertz CT molecular complexity index is 880. The van der Waals surface area contributed by atoms with E-state index in [4.69, 9.17) is 4.74 Å². The second-order valence-corrected chi connectivity index (χ2v) is 10.2. The second kappa shape index (κ2) is 7.87. The number of allylic oxidation sites excluding steroid dienone is 1. The minimum Gasteiger partial charge on any atom is -0.497 e. The molecule has 0 radical (unpaired) electrons. The van der Waals surface area contributed by atoms with Crippen molar-refractivity contribution >= 4 is 21.4 Å². The topological polar surface area (TPSA) is 66.9 Å². The number of hydrogen-bond donors (Lipinski definition) is 0. The molecule has 28 heavy (non-hydrogen) atoms. The van der Waals surface area contributed by atoms with Crippen molar-refractivity contribution < 1.29 is 17.9 Å². The van der Waals surface area contributed by atoms with Crippen LogP contribution in [0.2, 0.25) is 0 Å². The SMILES string of the molecule is COc1cccc(N2C(=O)CN(CCC3=CCCCC3)[C@H]3CS(=O)(=O)C[C@H]32)c1. The van der Waals surface area contributed by atoms with Crippen LogP contribution in [-0.2, 0) is 14.6 Å².